The fourth-order valence-corrected chi connectivity index (χ4v) is 0. The minimum absolute atomic E-state index is 0. The molecule has 6 N–H and O–H groups in total. The van der Waals surface area contributed by atoms with E-state index in [1.54, 1.807) is 0 Å². The first-order chi connectivity index (χ1) is 6.00. The fourth-order valence-electron chi connectivity index (χ4n) is 0. The maximum Gasteiger partial charge on any atom is 0.394 e. The maximum absolute atomic E-state index is 8.74. The third kappa shape index (κ3) is 1500. The van der Waals surface area contributed by atoms with Gasteiger partial charge in [0, 0.05) is 26.2 Å². The van der Waals surface area contributed by atoms with Gasteiger partial charge in [-0.2, -0.15) is 25.3 Å². The van der Waals surface area contributed by atoms with Crippen molar-refractivity contribution in [3.05, 3.63) is 0 Å². The van der Waals surface area contributed by atoms with Crippen LogP contribution < -0.4 is 0 Å². The average Bonchev–Trinajstić information content (AvgIpc) is 1.41. The van der Waals surface area contributed by atoms with Gasteiger partial charge >= 0.3 is 31.2 Å². The van der Waals surface area contributed by atoms with Crippen molar-refractivity contribution in [1.82, 2.24) is 0 Å². The van der Waals surface area contributed by atoms with E-state index < -0.39 is 31.2 Å². The van der Waals surface area contributed by atoms with Crippen LogP contribution in [0.15, 0.2) is 0 Å². The number of rotatable bonds is 0. The van der Waals surface area contributed by atoms with Crippen LogP contribution in [0.3, 0.4) is 0 Å². The Balaban J connectivity index is -0.0000000206. The number of hydrogen-bond donors (Lipinski definition) is 6. The summed E-state index contributed by atoms with van der Waals surface area (Å²) in [5, 5.41) is 0. The van der Waals surface area contributed by atoms with Crippen LogP contribution in [0.1, 0.15) is 0 Å². The summed E-state index contributed by atoms with van der Waals surface area (Å²) in [7, 11) is -14.0. The molecule has 0 spiro atoms. The van der Waals surface area contributed by atoms with Crippen molar-refractivity contribution in [3.63, 3.8) is 0 Å². The van der Waals surface area contributed by atoms with E-state index in [9.17, 15) is 0 Å². The van der Waals surface area contributed by atoms with E-state index in [0.29, 0.717) is 0 Å². The van der Waals surface area contributed by atoms with Gasteiger partial charge in [-0.05, 0) is 0 Å². The summed E-state index contributed by atoms with van der Waals surface area (Å²) < 4.78 is 94.8. The van der Waals surface area contributed by atoms with Crippen LogP contribution in [-0.2, 0) is 57.4 Å². The Morgan fingerprint density at radius 3 is 0.421 bits per heavy atom. The zero-order valence-corrected chi connectivity index (χ0v) is 11.8. The van der Waals surface area contributed by atoms with E-state index >= 15 is 0 Å². The van der Waals surface area contributed by atoms with Gasteiger partial charge in [-0.1, -0.05) is 0 Å². The van der Waals surface area contributed by atoms with Gasteiger partial charge in [0.2, 0.25) is 0 Å². The maximum atomic E-state index is 8.74. The first-order valence-corrected chi connectivity index (χ1v) is 6.29. The van der Waals surface area contributed by atoms with Crippen molar-refractivity contribution >= 4 is 83.3 Å². The second-order valence-corrected chi connectivity index (χ2v) is 4.03. The van der Waals surface area contributed by atoms with Crippen molar-refractivity contribution in [3.8, 4) is 0 Å². The molecule has 19 heavy (non-hydrogen) atoms. The van der Waals surface area contributed by atoms with Crippen LogP contribution in [0.25, 0.3) is 0 Å². The molecule has 0 saturated heterocycles. The van der Waals surface area contributed by atoms with Gasteiger partial charge in [0.1, 0.15) is 0 Å². The number of hydrogen-bond acceptors (Lipinski definition) is 6. The average molecular weight is 475 g/mol. The standard InChI is InChI=1S/3Al.3H2O4S.Zr.9H/c;;;3*1-5(2,3)4;;;;;;;;;;/h;;;3*(H2,1,2,3,4);;;;;;;;;;. The Labute approximate surface area is 160 Å². The molecule has 118 valence electrons. The predicted octanol–water partition coefficient (Wildman–Crippen LogP) is -5.51. The topological polar surface area (TPSA) is 224 Å². The zero-order chi connectivity index (χ0) is 13.5. The minimum atomic E-state index is -4.67. The molecule has 0 heterocycles. The molecule has 0 aliphatic heterocycles. The van der Waals surface area contributed by atoms with E-state index in [1.807, 2.05) is 0 Å². The van der Waals surface area contributed by atoms with Crippen LogP contribution in [0.5, 0.6) is 0 Å². The van der Waals surface area contributed by atoms with Gasteiger partial charge in [-0.15, -0.1) is 0 Å². The summed E-state index contributed by atoms with van der Waals surface area (Å²) in [5.41, 5.74) is 0. The molecule has 0 aliphatic carbocycles. The second-order valence-electron chi connectivity index (χ2n) is 1.34. The SMILES string of the molecule is O=S(=O)(O)O.O=S(=O)(O)O.O=S(=O)(O)O.[AlH3].[AlH3].[AlH3].[Zr]. The van der Waals surface area contributed by atoms with Crippen LogP contribution in [0, 0.1) is 0 Å². The van der Waals surface area contributed by atoms with E-state index in [-0.39, 0.29) is 78.3 Å². The van der Waals surface area contributed by atoms with Gasteiger partial charge in [0.25, 0.3) is 0 Å². The monoisotopic (exact) mass is 474 g/mol. The molecular weight excluding hydrogens is 460 g/mol. The first kappa shape index (κ1) is 42.9. The Bertz CT molecular complexity index is 349. The smallest absolute Gasteiger partial charge is 0.264 e. The summed E-state index contributed by atoms with van der Waals surface area (Å²) in [5.74, 6) is 0. The van der Waals surface area contributed by atoms with Crippen LogP contribution in [0.4, 0.5) is 0 Å². The molecule has 0 aromatic carbocycles. The van der Waals surface area contributed by atoms with Crippen molar-refractivity contribution in [2.75, 3.05) is 0 Å². The van der Waals surface area contributed by atoms with Crippen molar-refractivity contribution in [2.45, 2.75) is 0 Å². The van der Waals surface area contributed by atoms with Gasteiger partial charge in [0.15, 0.2) is 52.1 Å². The van der Waals surface area contributed by atoms with E-state index in [2.05, 4.69) is 0 Å². The molecule has 0 unspecified atom stereocenters. The van der Waals surface area contributed by atoms with Crippen LogP contribution >= 0.6 is 0 Å². The van der Waals surface area contributed by atoms with Crippen molar-refractivity contribution in [1.29, 1.82) is 0 Å². The molecule has 0 rings (SSSR count). The van der Waals surface area contributed by atoms with Gasteiger partial charge in [-0.3, -0.25) is 27.3 Å². The van der Waals surface area contributed by atoms with Gasteiger partial charge in [0.05, 0.1) is 0 Å². The molecule has 0 bridgehead atoms. The summed E-state index contributed by atoms with van der Waals surface area (Å²) in [6, 6.07) is 0. The molecular formula is H15Al3O12S3Zr. The van der Waals surface area contributed by atoms with E-state index in [0.717, 1.165) is 0 Å². The summed E-state index contributed by atoms with van der Waals surface area (Å²) >= 11 is 0. The first-order valence-electron chi connectivity index (χ1n) is 2.10. The Morgan fingerprint density at radius 2 is 0.421 bits per heavy atom. The second kappa shape index (κ2) is 18.1. The molecule has 0 saturated carbocycles. The van der Waals surface area contributed by atoms with Gasteiger partial charge in [-0.25, -0.2) is 0 Å². The van der Waals surface area contributed by atoms with E-state index in [4.69, 9.17) is 52.6 Å². The third-order valence-corrected chi connectivity index (χ3v) is 0. The molecule has 0 aromatic heterocycles. The minimum Gasteiger partial charge on any atom is -0.264 e. The summed E-state index contributed by atoms with van der Waals surface area (Å²) in [6.45, 7) is 0. The molecule has 12 nitrogen and oxygen atoms in total. The normalized spacial score (nSPS) is 9.16. The molecule has 0 aromatic rings. The summed E-state index contributed by atoms with van der Waals surface area (Å²) in [6.07, 6.45) is 0. The molecule has 0 aliphatic rings. The van der Waals surface area contributed by atoms with Gasteiger partial charge < -0.3 is 0 Å². The molecule has 0 radical (unpaired) electrons. The van der Waals surface area contributed by atoms with E-state index in [1.165, 1.54) is 0 Å². The Morgan fingerprint density at radius 1 is 0.421 bits per heavy atom. The van der Waals surface area contributed by atoms with Crippen LogP contribution in [-0.4, -0.2) is 105 Å². The molecule has 19 heteroatoms. The predicted molar refractivity (Wildman–Crippen MR) is 72.3 cm³/mol. The van der Waals surface area contributed by atoms with Crippen molar-refractivity contribution < 1.29 is 78.8 Å². The quantitative estimate of drug-likeness (QED) is 0.143. The van der Waals surface area contributed by atoms with Crippen molar-refractivity contribution in [2.24, 2.45) is 0 Å². The van der Waals surface area contributed by atoms with Crippen LogP contribution in [0.2, 0.25) is 0 Å². The summed E-state index contributed by atoms with van der Waals surface area (Å²) in [4.78, 5) is 0. The zero-order valence-electron chi connectivity index (χ0n) is 6.86. The Kier molecular flexibility index (Phi) is 40.9. The fraction of sp³-hybridized carbons (Fsp3) is 0. The largest absolute Gasteiger partial charge is 0.394 e. The molecule has 0 amide bonds. The Hall–Kier alpha value is 2.09. The molecule has 0 atom stereocenters. The molecule has 0 fully saturated rings. The third-order valence-electron chi connectivity index (χ3n) is 0.